The van der Waals surface area contributed by atoms with E-state index in [9.17, 15) is 14.4 Å². The highest BCUT2D eigenvalue weighted by molar-refractivity contribution is 6.09. The first-order valence-corrected chi connectivity index (χ1v) is 6.76. The fourth-order valence-electron chi connectivity index (χ4n) is 1.98. The summed E-state index contributed by atoms with van der Waals surface area (Å²) in [7, 11) is 0. The number of nitrogens with one attached hydrogen (secondary N) is 1. The standard InChI is InChI=1S/C18H15FN2O/c1-12-5-3-4-6-17(12)21-18(22)15(11-20)10-14-7-8-16(19)13(2)9-14/h3-10H,1-2H3,(H,21,22). The van der Waals surface area contributed by atoms with Crippen molar-refractivity contribution in [2.45, 2.75) is 13.8 Å². The third kappa shape index (κ3) is 3.58. The molecular formula is C18H15FN2O. The van der Waals surface area contributed by atoms with Crippen molar-refractivity contribution in [1.82, 2.24) is 0 Å². The van der Waals surface area contributed by atoms with Crippen molar-refractivity contribution in [3.05, 3.63) is 70.5 Å². The summed E-state index contributed by atoms with van der Waals surface area (Å²) in [6, 6.07) is 13.6. The molecule has 0 spiro atoms. The minimum absolute atomic E-state index is 0.0331. The normalized spacial score (nSPS) is 10.9. The number of hydrogen-bond acceptors (Lipinski definition) is 2. The molecule has 3 nitrogen and oxygen atoms in total. The molecule has 0 saturated carbocycles. The van der Waals surface area contributed by atoms with E-state index in [4.69, 9.17) is 0 Å². The second-order valence-electron chi connectivity index (χ2n) is 4.95. The maximum absolute atomic E-state index is 13.2. The first kappa shape index (κ1) is 15.5. The number of benzene rings is 2. The zero-order chi connectivity index (χ0) is 16.1. The Bertz CT molecular complexity index is 788. The van der Waals surface area contributed by atoms with Gasteiger partial charge in [0.15, 0.2) is 0 Å². The number of hydrogen-bond donors (Lipinski definition) is 1. The van der Waals surface area contributed by atoms with Crippen molar-refractivity contribution < 1.29 is 9.18 Å². The summed E-state index contributed by atoms with van der Waals surface area (Å²) in [5.74, 6) is -0.807. The first-order valence-electron chi connectivity index (χ1n) is 6.76. The zero-order valence-corrected chi connectivity index (χ0v) is 12.4. The number of para-hydroxylation sites is 1. The monoisotopic (exact) mass is 294 g/mol. The lowest BCUT2D eigenvalue weighted by Crippen LogP contribution is -2.14. The van der Waals surface area contributed by atoms with E-state index in [1.807, 2.05) is 31.2 Å². The molecule has 0 aliphatic heterocycles. The maximum Gasteiger partial charge on any atom is 0.266 e. The predicted octanol–water partition coefficient (Wildman–Crippen LogP) is 3.99. The van der Waals surface area contributed by atoms with Gasteiger partial charge in [0.2, 0.25) is 0 Å². The third-order valence-electron chi connectivity index (χ3n) is 3.25. The van der Waals surface area contributed by atoms with Crippen molar-refractivity contribution in [3.63, 3.8) is 0 Å². The molecule has 0 heterocycles. The van der Waals surface area contributed by atoms with Crippen molar-refractivity contribution >= 4 is 17.7 Å². The summed E-state index contributed by atoms with van der Waals surface area (Å²) >= 11 is 0. The molecule has 0 bridgehead atoms. The molecule has 0 atom stereocenters. The second kappa shape index (κ2) is 6.68. The van der Waals surface area contributed by atoms with Crippen LogP contribution in [0.1, 0.15) is 16.7 Å². The molecular weight excluding hydrogens is 279 g/mol. The van der Waals surface area contributed by atoms with E-state index in [0.717, 1.165) is 5.56 Å². The van der Waals surface area contributed by atoms with E-state index in [1.54, 1.807) is 19.1 Å². The molecule has 4 heteroatoms. The quantitative estimate of drug-likeness (QED) is 0.687. The average molecular weight is 294 g/mol. The van der Waals surface area contributed by atoms with Gasteiger partial charge in [0.05, 0.1) is 0 Å². The van der Waals surface area contributed by atoms with Crippen LogP contribution in [0.4, 0.5) is 10.1 Å². The van der Waals surface area contributed by atoms with Crippen LogP contribution in [-0.2, 0) is 4.79 Å². The summed E-state index contributed by atoms with van der Waals surface area (Å²) in [6.07, 6.45) is 1.44. The zero-order valence-electron chi connectivity index (χ0n) is 12.4. The van der Waals surface area contributed by atoms with Crippen molar-refractivity contribution in [3.8, 4) is 6.07 Å². The number of aryl methyl sites for hydroxylation is 2. The third-order valence-corrected chi connectivity index (χ3v) is 3.25. The molecule has 0 aromatic heterocycles. The van der Waals surface area contributed by atoms with Crippen molar-refractivity contribution in [2.75, 3.05) is 5.32 Å². The minimum atomic E-state index is -0.487. The van der Waals surface area contributed by atoms with Gasteiger partial charge in [-0.15, -0.1) is 0 Å². The molecule has 1 N–H and O–H groups in total. The van der Waals surface area contributed by atoms with E-state index in [-0.39, 0.29) is 11.4 Å². The van der Waals surface area contributed by atoms with E-state index < -0.39 is 5.91 Å². The molecule has 0 unspecified atom stereocenters. The Labute approximate surface area is 128 Å². The van der Waals surface area contributed by atoms with Gasteiger partial charge in [-0.3, -0.25) is 4.79 Å². The summed E-state index contributed by atoms with van der Waals surface area (Å²) in [6.45, 7) is 3.50. The molecule has 0 radical (unpaired) electrons. The Hall–Kier alpha value is -2.93. The van der Waals surface area contributed by atoms with Crippen LogP contribution in [0.5, 0.6) is 0 Å². The van der Waals surface area contributed by atoms with Crippen molar-refractivity contribution in [2.24, 2.45) is 0 Å². The number of nitrogens with zero attached hydrogens (tertiary/aromatic N) is 1. The Kier molecular flexibility index (Phi) is 4.70. The van der Waals surface area contributed by atoms with Gasteiger partial charge in [0, 0.05) is 5.69 Å². The van der Waals surface area contributed by atoms with Crippen LogP contribution in [0.25, 0.3) is 6.08 Å². The van der Waals surface area contributed by atoms with E-state index >= 15 is 0 Å². The largest absolute Gasteiger partial charge is 0.321 e. The number of rotatable bonds is 3. The first-order chi connectivity index (χ1) is 10.5. The number of halogens is 1. The lowest BCUT2D eigenvalue weighted by atomic mass is 10.1. The Morgan fingerprint density at radius 3 is 2.55 bits per heavy atom. The highest BCUT2D eigenvalue weighted by Crippen LogP contribution is 2.16. The molecule has 2 aromatic carbocycles. The summed E-state index contributed by atoms with van der Waals surface area (Å²) in [4.78, 5) is 12.2. The van der Waals surface area contributed by atoms with Crippen LogP contribution in [0.2, 0.25) is 0 Å². The number of nitriles is 1. The second-order valence-corrected chi connectivity index (χ2v) is 4.95. The van der Waals surface area contributed by atoms with Gasteiger partial charge in [0.1, 0.15) is 17.5 Å². The average Bonchev–Trinajstić information content (AvgIpc) is 2.50. The highest BCUT2D eigenvalue weighted by atomic mass is 19.1. The minimum Gasteiger partial charge on any atom is -0.321 e. The van der Waals surface area contributed by atoms with Gasteiger partial charge < -0.3 is 5.32 Å². The summed E-state index contributed by atoms with van der Waals surface area (Å²) in [5, 5.41) is 11.9. The molecule has 1 amide bonds. The SMILES string of the molecule is Cc1cc(C=C(C#N)C(=O)Nc2ccccc2C)ccc1F. The topological polar surface area (TPSA) is 52.9 Å². The molecule has 0 fully saturated rings. The van der Waals surface area contributed by atoms with Gasteiger partial charge in [-0.25, -0.2) is 4.39 Å². The maximum atomic E-state index is 13.2. The van der Waals surface area contributed by atoms with Crippen molar-refractivity contribution in [1.29, 1.82) is 5.26 Å². The van der Waals surface area contributed by atoms with Crippen LogP contribution < -0.4 is 5.32 Å². The lowest BCUT2D eigenvalue weighted by molar-refractivity contribution is -0.112. The van der Waals surface area contributed by atoms with Crippen LogP contribution in [0.15, 0.2) is 48.0 Å². The van der Waals surface area contributed by atoms with Gasteiger partial charge in [-0.05, 0) is 54.8 Å². The molecule has 22 heavy (non-hydrogen) atoms. The Balaban J connectivity index is 2.26. The Morgan fingerprint density at radius 2 is 1.91 bits per heavy atom. The van der Waals surface area contributed by atoms with E-state index in [1.165, 1.54) is 18.2 Å². The molecule has 2 rings (SSSR count). The van der Waals surface area contributed by atoms with Crippen LogP contribution in [0, 0.1) is 31.0 Å². The molecule has 0 saturated heterocycles. The van der Waals surface area contributed by atoms with Gasteiger partial charge in [-0.2, -0.15) is 5.26 Å². The lowest BCUT2D eigenvalue weighted by Gasteiger charge is -2.07. The van der Waals surface area contributed by atoms with Crippen LogP contribution >= 0.6 is 0 Å². The number of carbonyl (C=O) groups is 1. The molecule has 0 aliphatic rings. The van der Waals surface area contributed by atoms with Crippen LogP contribution in [-0.4, -0.2) is 5.91 Å². The molecule has 0 aliphatic carbocycles. The predicted molar refractivity (Wildman–Crippen MR) is 84.5 cm³/mol. The fraction of sp³-hybridized carbons (Fsp3) is 0.111. The number of amides is 1. The van der Waals surface area contributed by atoms with Crippen LogP contribution in [0.3, 0.4) is 0 Å². The van der Waals surface area contributed by atoms with Gasteiger partial charge in [0.25, 0.3) is 5.91 Å². The van der Waals surface area contributed by atoms with Gasteiger partial charge in [-0.1, -0.05) is 24.3 Å². The summed E-state index contributed by atoms with van der Waals surface area (Å²) < 4.78 is 13.2. The summed E-state index contributed by atoms with van der Waals surface area (Å²) in [5.41, 5.74) is 2.60. The number of carbonyl (C=O) groups excluding carboxylic acids is 1. The molecule has 2 aromatic rings. The fourth-order valence-corrected chi connectivity index (χ4v) is 1.98. The molecule has 110 valence electrons. The van der Waals surface area contributed by atoms with E-state index in [0.29, 0.717) is 16.8 Å². The Morgan fingerprint density at radius 1 is 1.18 bits per heavy atom. The number of anilines is 1. The van der Waals surface area contributed by atoms with Gasteiger partial charge >= 0.3 is 0 Å². The smallest absolute Gasteiger partial charge is 0.266 e. The van der Waals surface area contributed by atoms with E-state index in [2.05, 4.69) is 5.32 Å². The highest BCUT2D eigenvalue weighted by Gasteiger charge is 2.11.